The Morgan fingerprint density at radius 1 is 1.17 bits per heavy atom. The van der Waals surface area contributed by atoms with E-state index in [0.29, 0.717) is 6.42 Å². The van der Waals surface area contributed by atoms with Crippen molar-refractivity contribution in [3.8, 4) is 11.5 Å². The monoisotopic (exact) mass is 312 g/mol. The van der Waals surface area contributed by atoms with Gasteiger partial charge in [-0.15, -0.1) is 0 Å². The van der Waals surface area contributed by atoms with E-state index in [1.807, 2.05) is 12.1 Å². The lowest BCUT2D eigenvalue weighted by Crippen LogP contribution is -2.12. The number of hydrogen-bond acceptors (Lipinski definition) is 3. The first-order valence-corrected chi connectivity index (χ1v) is 8.55. The third-order valence-corrected chi connectivity index (χ3v) is 4.45. The van der Waals surface area contributed by atoms with Crippen molar-refractivity contribution < 1.29 is 14.3 Å². The van der Waals surface area contributed by atoms with Gasteiger partial charge in [0.15, 0.2) is 17.3 Å². The number of unbranched alkanes of at least 4 members (excludes halogenated alkanes) is 3. The molecule has 0 saturated carbocycles. The second-order valence-corrected chi connectivity index (χ2v) is 6.30. The Morgan fingerprint density at radius 2 is 2.04 bits per heavy atom. The van der Waals surface area contributed by atoms with Gasteiger partial charge in [0.1, 0.15) is 0 Å². The van der Waals surface area contributed by atoms with Gasteiger partial charge >= 0.3 is 0 Å². The second-order valence-electron chi connectivity index (χ2n) is 6.30. The minimum absolute atomic E-state index is 0.215. The Hall–Kier alpha value is -2.03. The highest BCUT2D eigenvalue weighted by Crippen LogP contribution is 2.38. The van der Waals surface area contributed by atoms with Crippen molar-refractivity contribution >= 4 is 5.78 Å². The number of ketones is 1. The van der Waals surface area contributed by atoms with Crippen LogP contribution in [-0.4, -0.2) is 12.6 Å². The summed E-state index contributed by atoms with van der Waals surface area (Å²) in [5, 5.41) is 0. The summed E-state index contributed by atoms with van der Waals surface area (Å²) < 4.78 is 10.8. The molecule has 3 rings (SSSR count). The fourth-order valence-electron chi connectivity index (χ4n) is 3.19. The zero-order valence-electron chi connectivity index (χ0n) is 13.7. The Kier molecular flexibility index (Phi) is 5.16. The molecule has 1 atom stereocenters. The maximum Gasteiger partial charge on any atom is 0.231 e. The van der Waals surface area contributed by atoms with Gasteiger partial charge in [-0.3, -0.25) is 4.79 Å². The summed E-state index contributed by atoms with van der Waals surface area (Å²) in [6.07, 6.45) is 12.4. The predicted octanol–water partition coefficient (Wildman–Crippen LogP) is 4.92. The van der Waals surface area contributed by atoms with E-state index >= 15 is 0 Å². The van der Waals surface area contributed by atoms with Gasteiger partial charge in [-0.05, 0) is 54.5 Å². The van der Waals surface area contributed by atoms with Crippen molar-refractivity contribution in [2.24, 2.45) is 0 Å². The number of carbonyl (C=O) groups is 1. The molecule has 0 amide bonds. The Balaban J connectivity index is 1.66. The number of ether oxygens (including phenoxy) is 2. The quantitative estimate of drug-likeness (QED) is 0.699. The molecule has 0 fully saturated rings. The molecular formula is C20H24O3. The van der Waals surface area contributed by atoms with Gasteiger partial charge in [0.05, 0.1) is 0 Å². The molecule has 0 bridgehead atoms. The van der Waals surface area contributed by atoms with Crippen LogP contribution in [0.2, 0.25) is 0 Å². The summed E-state index contributed by atoms with van der Waals surface area (Å²) in [6.45, 7) is 2.50. The molecule has 0 spiro atoms. The molecule has 3 heteroatoms. The lowest BCUT2D eigenvalue weighted by molar-refractivity contribution is -0.115. The van der Waals surface area contributed by atoms with E-state index in [1.54, 1.807) is 6.08 Å². The summed E-state index contributed by atoms with van der Waals surface area (Å²) >= 11 is 0. The maximum atomic E-state index is 12.1. The third kappa shape index (κ3) is 4.04. The van der Waals surface area contributed by atoms with Gasteiger partial charge in [-0.2, -0.15) is 0 Å². The number of carbonyl (C=O) groups excluding carboxylic acids is 1. The van der Waals surface area contributed by atoms with Gasteiger partial charge in [-0.1, -0.05) is 38.0 Å². The molecule has 23 heavy (non-hydrogen) atoms. The molecule has 122 valence electrons. The third-order valence-electron chi connectivity index (χ3n) is 4.45. The zero-order valence-corrected chi connectivity index (χ0v) is 13.7. The molecule has 1 aliphatic heterocycles. The number of rotatable bonds is 6. The minimum atomic E-state index is 0.215. The molecule has 1 aromatic carbocycles. The molecule has 0 aromatic heterocycles. The molecular weight excluding hydrogens is 288 g/mol. The van der Waals surface area contributed by atoms with Crippen LogP contribution < -0.4 is 9.47 Å². The van der Waals surface area contributed by atoms with Gasteiger partial charge in [0.25, 0.3) is 0 Å². The van der Waals surface area contributed by atoms with E-state index in [0.717, 1.165) is 35.5 Å². The molecule has 3 nitrogen and oxygen atoms in total. The molecule has 1 heterocycles. The van der Waals surface area contributed by atoms with Crippen molar-refractivity contribution in [2.75, 3.05) is 6.79 Å². The zero-order chi connectivity index (χ0) is 16.1. The van der Waals surface area contributed by atoms with E-state index in [2.05, 4.69) is 25.1 Å². The standard InChI is InChI=1S/C20H24O3/c1-2-3-4-5-6-7-15-10-17(12-18(21)11-15)16-8-9-19-20(13-16)23-14-22-19/h6-9,11,13,17H,2-5,10,12,14H2,1H3. The van der Waals surface area contributed by atoms with Crippen LogP contribution in [0.5, 0.6) is 11.5 Å². The second kappa shape index (κ2) is 7.49. The van der Waals surface area contributed by atoms with Crippen molar-refractivity contribution in [1.29, 1.82) is 0 Å². The van der Waals surface area contributed by atoms with Crippen molar-refractivity contribution in [1.82, 2.24) is 0 Å². The van der Waals surface area contributed by atoms with Gasteiger partial charge in [0.2, 0.25) is 6.79 Å². The first-order chi connectivity index (χ1) is 11.3. The fourth-order valence-corrected chi connectivity index (χ4v) is 3.19. The fraction of sp³-hybridized carbons (Fsp3) is 0.450. The lowest BCUT2D eigenvalue weighted by Gasteiger charge is -2.21. The lowest BCUT2D eigenvalue weighted by atomic mass is 9.83. The summed E-state index contributed by atoms with van der Waals surface area (Å²) in [5.41, 5.74) is 2.30. The van der Waals surface area contributed by atoms with Crippen molar-refractivity contribution in [3.63, 3.8) is 0 Å². The van der Waals surface area contributed by atoms with Crippen LogP contribution in [0.3, 0.4) is 0 Å². The molecule has 1 aliphatic carbocycles. The largest absolute Gasteiger partial charge is 0.454 e. The molecule has 1 aromatic rings. The summed E-state index contributed by atoms with van der Waals surface area (Å²) in [6, 6.07) is 6.02. The topological polar surface area (TPSA) is 35.5 Å². The average molecular weight is 312 g/mol. The maximum absolute atomic E-state index is 12.1. The van der Waals surface area contributed by atoms with Gasteiger partial charge in [0, 0.05) is 6.42 Å². The van der Waals surface area contributed by atoms with Crippen molar-refractivity contribution in [2.45, 2.75) is 51.4 Å². The number of allylic oxidation sites excluding steroid dienone is 4. The van der Waals surface area contributed by atoms with E-state index in [4.69, 9.17) is 9.47 Å². The van der Waals surface area contributed by atoms with Crippen LogP contribution >= 0.6 is 0 Å². The predicted molar refractivity (Wildman–Crippen MR) is 90.9 cm³/mol. The average Bonchev–Trinajstić information content (AvgIpc) is 3.01. The number of hydrogen-bond donors (Lipinski definition) is 0. The van der Waals surface area contributed by atoms with Crippen LogP contribution in [0.4, 0.5) is 0 Å². The highest BCUT2D eigenvalue weighted by molar-refractivity contribution is 5.92. The Labute approximate surface area is 138 Å². The van der Waals surface area contributed by atoms with E-state index < -0.39 is 0 Å². The molecule has 0 radical (unpaired) electrons. The smallest absolute Gasteiger partial charge is 0.231 e. The molecule has 1 unspecified atom stereocenters. The Bertz CT molecular complexity index is 628. The van der Waals surface area contributed by atoms with Crippen LogP contribution in [0.1, 0.15) is 56.9 Å². The highest BCUT2D eigenvalue weighted by atomic mass is 16.7. The number of benzene rings is 1. The number of fused-ring (bicyclic) bond motifs is 1. The van der Waals surface area contributed by atoms with Crippen molar-refractivity contribution in [3.05, 3.63) is 47.6 Å². The van der Waals surface area contributed by atoms with Crippen LogP contribution in [0, 0.1) is 0 Å². The van der Waals surface area contributed by atoms with Crippen LogP contribution in [-0.2, 0) is 4.79 Å². The van der Waals surface area contributed by atoms with Gasteiger partial charge in [-0.25, -0.2) is 0 Å². The van der Waals surface area contributed by atoms with E-state index in [9.17, 15) is 4.79 Å². The summed E-state index contributed by atoms with van der Waals surface area (Å²) in [5.74, 6) is 2.04. The first-order valence-electron chi connectivity index (χ1n) is 8.55. The summed E-state index contributed by atoms with van der Waals surface area (Å²) in [4.78, 5) is 12.1. The van der Waals surface area contributed by atoms with E-state index in [-0.39, 0.29) is 18.5 Å². The molecule has 0 saturated heterocycles. The first kappa shape index (κ1) is 15.9. The molecule has 2 aliphatic rings. The minimum Gasteiger partial charge on any atom is -0.454 e. The summed E-state index contributed by atoms with van der Waals surface area (Å²) in [7, 11) is 0. The van der Waals surface area contributed by atoms with Crippen LogP contribution in [0.15, 0.2) is 42.0 Å². The normalized spacial score (nSPS) is 20.1. The highest BCUT2D eigenvalue weighted by Gasteiger charge is 2.23. The molecule has 0 N–H and O–H groups in total. The van der Waals surface area contributed by atoms with Gasteiger partial charge < -0.3 is 9.47 Å². The SMILES string of the molecule is CCCCCC=CC1=CC(=O)CC(c2ccc3c(c2)OCO3)C1. The van der Waals surface area contributed by atoms with E-state index in [1.165, 1.54) is 19.3 Å². The van der Waals surface area contributed by atoms with Crippen LogP contribution in [0.25, 0.3) is 0 Å². The Morgan fingerprint density at radius 3 is 2.91 bits per heavy atom.